The van der Waals surface area contributed by atoms with E-state index in [0.717, 1.165) is 22.7 Å². The zero-order valence-corrected chi connectivity index (χ0v) is 14.9. The molecule has 0 unspecified atom stereocenters. The maximum atomic E-state index is 14.0. The first-order valence-corrected chi connectivity index (χ1v) is 8.85. The number of amides is 1. The minimum Gasteiger partial charge on any atom is -0.331 e. The highest BCUT2D eigenvalue weighted by Crippen LogP contribution is 2.30. The van der Waals surface area contributed by atoms with E-state index in [2.05, 4.69) is 15.3 Å². The van der Waals surface area contributed by atoms with Crippen LogP contribution in [-0.2, 0) is 0 Å². The van der Waals surface area contributed by atoms with E-state index >= 15 is 0 Å². The lowest BCUT2D eigenvalue weighted by molar-refractivity contribution is 0.0702. The van der Waals surface area contributed by atoms with Gasteiger partial charge in [-0.2, -0.15) is 0 Å². The molecule has 3 aromatic heterocycles. The summed E-state index contributed by atoms with van der Waals surface area (Å²) in [5, 5.41) is 14.1. The summed E-state index contributed by atoms with van der Waals surface area (Å²) in [4.78, 5) is 20.4. The number of aromatic nitrogens is 3. The second-order valence-corrected chi connectivity index (χ2v) is 6.63. The Balaban J connectivity index is 1.63. The molecule has 0 saturated heterocycles. The largest absolute Gasteiger partial charge is 0.331 e. The van der Waals surface area contributed by atoms with Crippen molar-refractivity contribution in [2.45, 2.75) is 6.92 Å². The van der Waals surface area contributed by atoms with Gasteiger partial charge in [0.15, 0.2) is 5.13 Å². The Bertz CT molecular complexity index is 1150. The van der Waals surface area contributed by atoms with Crippen molar-refractivity contribution >= 4 is 33.7 Å². The van der Waals surface area contributed by atoms with Gasteiger partial charge in [0, 0.05) is 17.3 Å². The minimum atomic E-state index is -0.904. The van der Waals surface area contributed by atoms with Gasteiger partial charge in [-0.15, -0.1) is 11.3 Å². The molecule has 27 heavy (non-hydrogen) atoms. The fourth-order valence-corrected chi connectivity index (χ4v) is 3.54. The van der Waals surface area contributed by atoms with Crippen LogP contribution in [0.5, 0.6) is 0 Å². The third-order valence-electron chi connectivity index (χ3n) is 4.02. The Morgan fingerprint density at radius 3 is 2.89 bits per heavy atom. The summed E-state index contributed by atoms with van der Waals surface area (Å²) in [6, 6.07) is 9.77. The molecular formula is C18H14FN5O2S. The first kappa shape index (κ1) is 17.1. The quantitative estimate of drug-likeness (QED) is 0.369. The van der Waals surface area contributed by atoms with Crippen LogP contribution in [0.3, 0.4) is 0 Å². The number of hydrogen-bond acceptors (Lipinski definition) is 6. The van der Waals surface area contributed by atoms with Gasteiger partial charge in [0.2, 0.25) is 0 Å². The maximum absolute atomic E-state index is 14.0. The average Bonchev–Trinajstić information content (AvgIpc) is 3.24. The number of fused-ring (bicyclic) bond motifs is 1. The Morgan fingerprint density at radius 2 is 2.11 bits per heavy atom. The van der Waals surface area contributed by atoms with Crippen molar-refractivity contribution in [1.82, 2.24) is 19.8 Å². The highest BCUT2D eigenvalue weighted by molar-refractivity contribution is 7.14. The van der Waals surface area contributed by atoms with E-state index in [1.165, 1.54) is 35.0 Å². The predicted molar refractivity (Wildman–Crippen MR) is 100.0 cm³/mol. The molecule has 0 fully saturated rings. The number of aryl methyl sites for hydroxylation is 1. The molecule has 4 aromatic rings. The first-order valence-electron chi connectivity index (χ1n) is 7.97. The number of benzene rings is 1. The average molecular weight is 383 g/mol. The topological polar surface area (TPSA) is 91.5 Å². The van der Waals surface area contributed by atoms with E-state index in [9.17, 15) is 9.18 Å². The summed E-state index contributed by atoms with van der Waals surface area (Å²) in [6.45, 7) is 1.93. The van der Waals surface area contributed by atoms with Gasteiger partial charge in [0.25, 0.3) is 5.91 Å². The van der Waals surface area contributed by atoms with E-state index in [1.807, 2.05) is 41.1 Å². The molecule has 0 aliphatic rings. The van der Waals surface area contributed by atoms with Crippen molar-refractivity contribution in [3.8, 4) is 11.4 Å². The monoisotopic (exact) mass is 383 g/mol. The van der Waals surface area contributed by atoms with Crippen LogP contribution < -0.4 is 10.8 Å². The number of anilines is 2. The molecular weight excluding hydrogens is 369 g/mol. The summed E-state index contributed by atoms with van der Waals surface area (Å²) in [5.74, 6) is -1.65. The van der Waals surface area contributed by atoms with Gasteiger partial charge in [-0.05, 0) is 37.3 Å². The van der Waals surface area contributed by atoms with E-state index < -0.39 is 11.7 Å². The van der Waals surface area contributed by atoms with Crippen LogP contribution >= 0.6 is 11.3 Å². The van der Waals surface area contributed by atoms with Gasteiger partial charge < -0.3 is 5.32 Å². The van der Waals surface area contributed by atoms with Gasteiger partial charge in [0.05, 0.1) is 17.0 Å². The van der Waals surface area contributed by atoms with E-state index in [4.69, 9.17) is 5.21 Å². The van der Waals surface area contributed by atoms with Crippen molar-refractivity contribution < 1.29 is 14.4 Å². The van der Waals surface area contributed by atoms with Gasteiger partial charge in [-0.25, -0.2) is 19.8 Å². The second kappa shape index (κ2) is 6.78. The summed E-state index contributed by atoms with van der Waals surface area (Å²) < 4.78 is 16.0. The van der Waals surface area contributed by atoms with Gasteiger partial charge in [-0.1, -0.05) is 6.07 Å². The van der Waals surface area contributed by atoms with Gasteiger partial charge in [-0.3, -0.25) is 14.4 Å². The fraction of sp³-hybridized carbons (Fsp3) is 0.0556. The van der Waals surface area contributed by atoms with Crippen molar-refractivity contribution in [1.29, 1.82) is 0 Å². The summed E-state index contributed by atoms with van der Waals surface area (Å²) in [5.41, 5.74) is 4.97. The molecule has 0 aliphatic heterocycles. The normalized spacial score (nSPS) is 10.9. The van der Waals surface area contributed by atoms with Crippen molar-refractivity contribution in [3.05, 3.63) is 65.0 Å². The highest BCUT2D eigenvalue weighted by Gasteiger charge is 2.15. The van der Waals surface area contributed by atoms with E-state index in [-0.39, 0.29) is 5.56 Å². The molecule has 3 N–H and O–H groups in total. The van der Waals surface area contributed by atoms with E-state index in [1.54, 1.807) is 0 Å². The third kappa shape index (κ3) is 3.14. The number of nitrogens with one attached hydrogen (secondary N) is 2. The van der Waals surface area contributed by atoms with Crippen LogP contribution in [0.2, 0.25) is 0 Å². The molecule has 1 amide bonds. The van der Waals surface area contributed by atoms with Crippen LogP contribution in [0.15, 0.2) is 48.0 Å². The maximum Gasteiger partial charge on any atom is 0.277 e. The Hall–Kier alpha value is -3.30. The molecule has 0 spiro atoms. The smallest absolute Gasteiger partial charge is 0.277 e. The number of rotatable bonds is 4. The fourth-order valence-electron chi connectivity index (χ4n) is 2.82. The molecule has 1 aromatic carbocycles. The third-order valence-corrected chi connectivity index (χ3v) is 4.78. The molecule has 4 rings (SSSR count). The van der Waals surface area contributed by atoms with Crippen LogP contribution in [0.1, 0.15) is 16.1 Å². The predicted octanol–water partition coefficient (Wildman–Crippen LogP) is 3.77. The molecule has 9 heteroatoms. The number of nitrogens with zero attached hydrogens (tertiary/aromatic N) is 3. The lowest BCUT2D eigenvalue weighted by Crippen LogP contribution is -2.19. The number of thiazole rings is 1. The lowest BCUT2D eigenvalue weighted by Gasteiger charge is -2.05. The van der Waals surface area contributed by atoms with Gasteiger partial charge in [0.1, 0.15) is 17.2 Å². The minimum absolute atomic E-state index is 0.246. The van der Waals surface area contributed by atoms with E-state index in [0.29, 0.717) is 10.8 Å². The van der Waals surface area contributed by atoms with Crippen LogP contribution in [0.4, 0.5) is 15.2 Å². The lowest BCUT2D eigenvalue weighted by atomic mass is 10.2. The SMILES string of the molecule is Cc1nc2ccccn2c1-c1csc(Nc2ccc(C(=O)NO)c(F)c2)n1. The summed E-state index contributed by atoms with van der Waals surface area (Å²) in [6.07, 6.45) is 1.93. The summed E-state index contributed by atoms with van der Waals surface area (Å²) >= 11 is 1.38. The Kier molecular flexibility index (Phi) is 4.30. The van der Waals surface area contributed by atoms with Crippen molar-refractivity contribution in [2.24, 2.45) is 0 Å². The molecule has 7 nitrogen and oxygen atoms in total. The number of halogens is 1. The number of imidazole rings is 1. The Labute approximate surface area is 157 Å². The number of pyridine rings is 1. The standard InChI is InChI=1S/C18H14FN5O2S/c1-10-16(24-7-3-2-4-15(24)20-10)14-9-27-18(22-14)21-11-5-6-12(13(19)8-11)17(25)23-26/h2-9,26H,1H3,(H,21,22)(H,23,25). The van der Waals surface area contributed by atoms with Crippen molar-refractivity contribution in [3.63, 3.8) is 0 Å². The zero-order valence-electron chi connectivity index (χ0n) is 14.1. The molecule has 136 valence electrons. The molecule has 0 atom stereocenters. The first-order chi connectivity index (χ1) is 13.1. The van der Waals surface area contributed by atoms with Crippen LogP contribution in [0.25, 0.3) is 17.0 Å². The highest BCUT2D eigenvalue weighted by atomic mass is 32.1. The number of hydrogen-bond donors (Lipinski definition) is 3. The van der Waals surface area contributed by atoms with Gasteiger partial charge >= 0.3 is 0 Å². The van der Waals surface area contributed by atoms with Crippen LogP contribution in [-0.4, -0.2) is 25.5 Å². The van der Waals surface area contributed by atoms with Crippen molar-refractivity contribution in [2.75, 3.05) is 5.32 Å². The number of carbonyl (C=O) groups excluding carboxylic acids is 1. The molecule has 3 heterocycles. The Morgan fingerprint density at radius 1 is 1.26 bits per heavy atom. The number of hydroxylamine groups is 1. The van der Waals surface area contributed by atoms with Crippen LogP contribution in [0, 0.1) is 12.7 Å². The second-order valence-electron chi connectivity index (χ2n) is 5.77. The zero-order chi connectivity index (χ0) is 19.0. The summed E-state index contributed by atoms with van der Waals surface area (Å²) in [7, 11) is 0. The molecule has 0 saturated carbocycles. The molecule has 0 bridgehead atoms. The molecule has 0 aliphatic carbocycles. The number of carbonyl (C=O) groups is 1. The molecule has 0 radical (unpaired) electrons.